The fourth-order valence-electron chi connectivity index (χ4n) is 2.14. The average molecular weight is 304 g/mol. The van der Waals surface area contributed by atoms with Crippen LogP contribution in [0.2, 0.25) is 0 Å². The van der Waals surface area contributed by atoms with Crippen LogP contribution in [-0.4, -0.2) is 18.2 Å². The standard InChI is InChI=1S/C18H24O4/c1-5-8-17(18(21-13(3)19)22-14(4)20)12-16-10-7-9-15(6-2)11-16/h7,9-12,18H,5-6,8H2,1-4H3. The number of carbonyl (C=O) groups excluding carboxylic acids is 2. The topological polar surface area (TPSA) is 52.6 Å². The van der Waals surface area contributed by atoms with Gasteiger partial charge in [-0.3, -0.25) is 9.59 Å². The van der Waals surface area contributed by atoms with Gasteiger partial charge < -0.3 is 9.47 Å². The Hall–Kier alpha value is -2.10. The van der Waals surface area contributed by atoms with Gasteiger partial charge >= 0.3 is 11.9 Å². The summed E-state index contributed by atoms with van der Waals surface area (Å²) < 4.78 is 10.3. The van der Waals surface area contributed by atoms with Crippen molar-refractivity contribution in [3.63, 3.8) is 0 Å². The highest BCUT2D eigenvalue weighted by molar-refractivity contribution is 5.69. The number of rotatable bonds is 7. The maximum Gasteiger partial charge on any atom is 0.305 e. The first kappa shape index (κ1) is 18.0. The van der Waals surface area contributed by atoms with Crippen LogP contribution in [0.3, 0.4) is 0 Å². The minimum Gasteiger partial charge on any atom is -0.421 e. The van der Waals surface area contributed by atoms with Crippen molar-refractivity contribution in [1.29, 1.82) is 0 Å². The largest absolute Gasteiger partial charge is 0.421 e. The first-order valence-electron chi connectivity index (χ1n) is 7.60. The number of ether oxygens (including phenoxy) is 2. The average Bonchev–Trinajstić information content (AvgIpc) is 2.45. The van der Waals surface area contributed by atoms with E-state index in [9.17, 15) is 9.59 Å². The third kappa shape index (κ3) is 6.12. The van der Waals surface area contributed by atoms with Crippen LogP contribution in [0.1, 0.15) is 51.7 Å². The van der Waals surface area contributed by atoms with Crippen LogP contribution in [0.4, 0.5) is 0 Å². The highest BCUT2D eigenvalue weighted by atomic mass is 16.7. The lowest BCUT2D eigenvalue weighted by atomic mass is 10.0. The number of benzene rings is 1. The molecule has 0 heterocycles. The summed E-state index contributed by atoms with van der Waals surface area (Å²) in [6.45, 7) is 6.72. The summed E-state index contributed by atoms with van der Waals surface area (Å²) in [5, 5.41) is 0. The van der Waals surface area contributed by atoms with Gasteiger partial charge in [0.25, 0.3) is 6.29 Å². The second-order valence-corrected chi connectivity index (χ2v) is 5.12. The number of hydrogen-bond donors (Lipinski definition) is 0. The molecule has 0 saturated heterocycles. The van der Waals surface area contributed by atoms with Crippen molar-refractivity contribution in [1.82, 2.24) is 0 Å². The summed E-state index contributed by atoms with van der Waals surface area (Å²) in [4.78, 5) is 22.5. The first-order chi connectivity index (χ1) is 10.5. The molecule has 22 heavy (non-hydrogen) atoms. The van der Waals surface area contributed by atoms with Crippen molar-refractivity contribution in [3.8, 4) is 0 Å². The van der Waals surface area contributed by atoms with Crippen LogP contribution < -0.4 is 0 Å². The molecule has 0 spiro atoms. The van der Waals surface area contributed by atoms with E-state index in [0.29, 0.717) is 6.42 Å². The minimum atomic E-state index is -0.958. The van der Waals surface area contributed by atoms with Crippen LogP contribution >= 0.6 is 0 Å². The summed E-state index contributed by atoms with van der Waals surface area (Å²) in [6.07, 6.45) is 3.46. The van der Waals surface area contributed by atoms with E-state index in [2.05, 4.69) is 19.1 Å². The molecule has 0 radical (unpaired) electrons. The van der Waals surface area contributed by atoms with Crippen molar-refractivity contribution < 1.29 is 19.1 Å². The van der Waals surface area contributed by atoms with Gasteiger partial charge in [-0.1, -0.05) is 44.5 Å². The third-order valence-electron chi connectivity index (χ3n) is 3.10. The quantitative estimate of drug-likeness (QED) is 0.566. The minimum absolute atomic E-state index is 0.476. The zero-order valence-electron chi connectivity index (χ0n) is 13.7. The van der Waals surface area contributed by atoms with Crippen LogP contribution in [-0.2, 0) is 25.5 Å². The van der Waals surface area contributed by atoms with Gasteiger partial charge in [0.2, 0.25) is 0 Å². The Morgan fingerprint density at radius 2 is 1.77 bits per heavy atom. The molecular formula is C18H24O4. The Balaban J connectivity index is 3.12. The zero-order chi connectivity index (χ0) is 16.5. The van der Waals surface area contributed by atoms with E-state index in [1.807, 2.05) is 25.1 Å². The monoisotopic (exact) mass is 304 g/mol. The molecular weight excluding hydrogens is 280 g/mol. The van der Waals surface area contributed by atoms with Gasteiger partial charge in [-0.25, -0.2) is 0 Å². The highest BCUT2D eigenvalue weighted by Crippen LogP contribution is 2.20. The van der Waals surface area contributed by atoms with Gasteiger partial charge in [0.1, 0.15) is 0 Å². The van der Waals surface area contributed by atoms with Gasteiger partial charge in [0, 0.05) is 19.4 Å². The van der Waals surface area contributed by atoms with E-state index >= 15 is 0 Å². The van der Waals surface area contributed by atoms with Crippen molar-refractivity contribution >= 4 is 18.0 Å². The molecule has 0 fully saturated rings. The fourth-order valence-corrected chi connectivity index (χ4v) is 2.14. The molecule has 4 nitrogen and oxygen atoms in total. The molecule has 1 rings (SSSR count). The Labute approximate surface area is 132 Å². The predicted octanol–water partition coefficient (Wildman–Crippen LogP) is 3.88. The number of hydrogen-bond acceptors (Lipinski definition) is 4. The number of esters is 2. The molecule has 1 aromatic rings. The van der Waals surface area contributed by atoms with Gasteiger partial charge in [-0.05, 0) is 30.0 Å². The highest BCUT2D eigenvalue weighted by Gasteiger charge is 2.20. The molecule has 0 atom stereocenters. The van der Waals surface area contributed by atoms with E-state index in [4.69, 9.17) is 9.47 Å². The molecule has 120 valence electrons. The summed E-state index contributed by atoms with van der Waals surface area (Å²) in [5.41, 5.74) is 3.01. The third-order valence-corrected chi connectivity index (χ3v) is 3.10. The molecule has 0 saturated carbocycles. The van der Waals surface area contributed by atoms with E-state index in [0.717, 1.165) is 24.0 Å². The SMILES string of the molecule is CCCC(=Cc1cccc(CC)c1)C(OC(C)=O)OC(C)=O. The Kier molecular flexibility index (Phi) is 7.37. The molecule has 0 unspecified atom stereocenters. The first-order valence-corrected chi connectivity index (χ1v) is 7.60. The Morgan fingerprint density at radius 3 is 2.27 bits per heavy atom. The van der Waals surface area contributed by atoms with Gasteiger partial charge in [0.05, 0.1) is 0 Å². The Morgan fingerprint density at radius 1 is 1.14 bits per heavy atom. The molecule has 0 bridgehead atoms. The molecule has 4 heteroatoms. The lowest BCUT2D eigenvalue weighted by Crippen LogP contribution is -2.24. The second-order valence-electron chi connectivity index (χ2n) is 5.12. The summed E-state index contributed by atoms with van der Waals surface area (Å²) >= 11 is 0. The van der Waals surface area contributed by atoms with Crippen molar-refractivity contribution in [3.05, 3.63) is 41.0 Å². The maximum atomic E-state index is 11.3. The number of carbonyl (C=O) groups is 2. The summed E-state index contributed by atoms with van der Waals surface area (Å²) in [6, 6.07) is 8.11. The smallest absolute Gasteiger partial charge is 0.305 e. The van der Waals surface area contributed by atoms with Crippen molar-refractivity contribution in [2.45, 2.75) is 53.2 Å². The molecule has 0 aliphatic rings. The van der Waals surface area contributed by atoms with Gasteiger partial charge in [-0.2, -0.15) is 0 Å². The second kappa shape index (κ2) is 9.03. The predicted molar refractivity (Wildman–Crippen MR) is 86.0 cm³/mol. The summed E-state index contributed by atoms with van der Waals surface area (Å²) in [5.74, 6) is -0.953. The van der Waals surface area contributed by atoms with Crippen LogP contribution in [0.25, 0.3) is 6.08 Å². The van der Waals surface area contributed by atoms with Gasteiger partial charge in [-0.15, -0.1) is 0 Å². The molecule has 1 aromatic carbocycles. The van der Waals surface area contributed by atoms with Crippen molar-refractivity contribution in [2.75, 3.05) is 0 Å². The van der Waals surface area contributed by atoms with Crippen LogP contribution in [0.15, 0.2) is 29.8 Å². The maximum absolute atomic E-state index is 11.3. The van der Waals surface area contributed by atoms with Crippen molar-refractivity contribution in [2.24, 2.45) is 0 Å². The van der Waals surface area contributed by atoms with E-state index in [1.165, 1.54) is 19.4 Å². The molecule has 0 aliphatic heterocycles. The van der Waals surface area contributed by atoms with E-state index in [-0.39, 0.29) is 0 Å². The fraction of sp³-hybridized carbons (Fsp3) is 0.444. The van der Waals surface area contributed by atoms with E-state index < -0.39 is 18.2 Å². The van der Waals surface area contributed by atoms with Gasteiger partial charge in [0.15, 0.2) is 0 Å². The molecule has 0 aliphatic carbocycles. The lowest BCUT2D eigenvalue weighted by molar-refractivity contribution is -0.178. The Bertz CT molecular complexity index is 530. The molecule has 0 amide bonds. The summed E-state index contributed by atoms with van der Waals surface area (Å²) in [7, 11) is 0. The lowest BCUT2D eigenvalue weighted by Gasteiger charge is -2.19. The molecule has 0 aromatic heterocycles. The molecule has 0 N–H and O–H groups in total. The van der Waals surface area contributed by atoms with Crippen LogP contribution in [0.5, 0.6) is 0 Å². The zero-order valence-corrected chi connectivity index (χ0v) is 13.7. The van der Waals surface area contributed by atoms with Crippen LogP contribution in [0, 0.1) is 0 Å². The van der Waals surface area contributed by atoms with E-state index in [1.54, 1.807) is 0 Å². The number of aryl methyl sites for hydroxylation is 1. The normalized spacial score (nSPS) is 11.4.